The quantitative estimate of drug-likeness (QED) is 0.733. The highest BCUT2D eigenvalue weighted by Gasteiger charge is 2.24. The minimum absolute atomic E-state index is 0.284. The highest BCUT2D eigenvalue weighted by atomic mass is 16.5. The maximum Gasteiger partial charge on any atom is 0.236 e. The maximum absolute atomic E-state index is 12.2. The number of amides is 1. The monoisotopic (exact) mass is 270 g/mol. The first-order chi connectivity index (χ1) is 9.29. The minimum atomic E-state index is 0.284. The van der Waals surface area contributed by atoms with Crippen LogP contribution >= 0.6 is 0 Å². The Labute approximate surface area is 115 Å². The van der Waals surface area contributed by atoms with Gasteiger partial charge in [-0.2, -0.15) is 0 Å². The molecule has 0 atom stereocenters. The Kier molecular flexibility index (Phi) is 6.07. The van der Waals surface area contributed by atoms with Crippen molar-refractivity contribution < 1.29 is 14.3 Å². The third-order valence-corrected chi connectivity index (χ3v) is 4.16. The molecule has 0 radical (unpaired) electrons. The Balaban J connectivity index is 1.67. The molecule has 5 heteroatoms. The van der Waals surface area contributed by atoms with Crippen LogP contribution in [-0.4, -0.2) is 75.4 Å². The van der Waals surface area contributed by atoms with E-state index in [0.717, 1.165) is 71.2 Å². The van der Waals surface area contributed by atoms with Crippen LogP contribution in [0.4, 0.5) is 0 Å². The Morgan fingerprint density at radius 2 is 1.89 bits per heavy atom. The predicted octanol–water partition coefficient (Wildman–Crippen LogP) is 0.594. The average molecular weight is 270 g/mol. The summed E-state index contributed by atoms with van der Waals surface area (Å²) >= 11 is 0. The molecule has 2 fully saturated rings. The van der Waals surface area contributed by atoms with E-state index < -0.39 is 0 Å². The van der Waals surface area contributed by atoms with Gasteiger partial charge in [0.1, 0.15) is 0 Å². The lowest BCUT2D eigenvalue weighted by molar-refractivity contribution is -0.134. The summed E-state index contributed by atoms with van der Waals surface area (Å²) in [7, 11) is 1.75. The van der Waals surface area contributed by atoms with Gasteiger partial charge in [0, 0.05) is 39.9 Å². The second-order valence-electron chi connectivity index (χ2n) is 5.49. The molecule has 5 nitrogen and oxygen atoms in total. The second-order valence-corrected chi connectivity index (χ2v) is 5.49. The molecule has 19 heavy (non-hydrogen) atoms. The van der Waals surface area contributed by atoms with Gasteiger partial charge in [-0.3, -0.25) is 9.69 Å². The lowest BCUT2D eigenvalue weighted by Crippen LogP contribution is -2.47. The lowest BCUT2D eigenvalue weighted by atomic mass is 9.94. The summed E-state index contributed by atoms with van der Waals surface area (Å²) < 4.78 is 10.4. The molecule has 2 saturated heterocycles. The van der Waals surface area contributed by atoms with Gasteiger partial charge in [0.25, 0.3) is 0 Å². The van der Waals surface area contributed by atoms with Crippen LogP contribution in [0.5, 0.6) is 0 Å². The van der Waals surface area contributed by atoms with E-state index >= 15 is 0 Å². The van der Waals surface area contributed by atoms with Crippen LogP contribution in [0.2, 0.25) is 0 Å². The predicted molar refractivity (Wildman–Crippen MR) is 73.1 cm³/mol. The molecule has 0 spiro atoms. The first-order valence-corrected chi connectivity index (χ1v) is 7.36. The topological polar surface area (TPSA) is 42.0 Å². The molecule has 0 aromatic heterocycles. The third kappa shape index (κ3) is 4.75. The van der Waals surface area contributed by atoms with Crippen LogP contribution < -0.4 is 0 Å². The zero-order chi connectivity index (χ0) is 13.5. The highest BCUT2D eigenvalue weighted by Crippen LogP contribution is 2.20. The normalized spacial score (nSPS) is 22.7. The zero-order valence-corrected chi connectivity index (χ0v) is 12.0. The molecule has 0 saturated carbocycles. The van der Waals surface area contributed by atoms with Crippen molar-refractivity contribution in [2.75, 3.05) is 59.7 Å². The molecule has 0 aromatic carbocycles. The van der Waals surface area contributed by atoms with Crippen LogP contribution in [0.1, 0.15) is 19.3 Å². The molecule has 2 rings (SSSR count). The molecule has 2 aliphatic heterocycles. The van der Waals surface area contributed by atoms with E-state index in [-0.39, 0.29) is 5.91 Å². The first kappa shape index (κ1) is 14.8. The van der Waals surface area contributed by atoms with Gasteiger partial charge in [-0.1, -0.05) is 0 Å². The van der Waals surface area contributed by atoms with Crippen molar-refractivity contribution in [3.05, 3.63) is 0 Å². The summed E-state index contributed by atoms with van der Waals surface area (Å²) in [6.45, 7) is 6.51. The minimum Gasteiger partial charge on any atom is -0.385 e. The Morgan fingerprint density at radius 1 is 1.21 bits per heavy atom. The van der Waals surface area contributed by atoms with Crippen molar-refractivity contribution in [2.45, 2.75) is 19.3 Å². The van der Waals surface area contributed by atoms with E-state index in [2.05, 4.69) is 4.90 Å². The first-order valence-electron chi connectivity index (χ1n) is 7.36. The van der Waals surface area contributed by atoms with Crippen molar-refractivity contribution in [3.8, 4) is 0 Å². The highest BCUT2D eigenvalue weighted by molar-refractivity contribution is 5.78. The smallest absolute Gasteiger partial charge is 0.236 e. The molecule has 0 N–H and O–H groups in total. The number of methoxy groups -OCH3 is 1. The number of nitrogens with zero attached hydrogens (tertiary/aromatic N) is 2. The van der Waals surface area contributed by atoms with Gasteiger partial charge >= 0.3 is 0 Å². The zero-order valence-electron chi connectivity index (χ0n) is 12.0. The fourth-order valence-electron chi connectivity index (χ4n) is 2.81. The Hall–Kier alpha value is -0.650. The molecule has 0 unspecified atom stereocenters. The number of rotatable bonds is 5. The lowest BCUT2D eigenvalue weighted by Gasteiger charge is -2.34. The summed E-state index contributed by atoms with van der Waals surface area (Å²) in [5.74, 6) is 1.01. The molecular weight excluding hydrogens is 244 g/mol. The average Bonchev–Trinajstić information content (AvgIpc) is 2.46. The van der Waals surface area contributed by atoms with Crippen molar-refractivity contribution in [1.82, 2.24) is 9.80 Å². The van der Waals surface area contributed by atoms with Crippen molar-refractivity contribution in [1.29, 1.82) is 0 Å². The SMILES string of the molecule is COCCC1CCN(C(=O)CN2CCOCC2)CC1. The van der Waals surface area contributed by atoms with E-state index in [0.29, 0.717) is 6.54 Å². The van der Waals surface area contributed by atoms with Crippen molar-refractivity contribution in [2.24, 2.45) is 5.92 Å². The van der Waals surface area contributed by atoms with E-state index in [9.17, 15) is 4.79 Å². The summed E-state index contributed by atoms with van der Waals surface area (Å²) in [4.78, 5) is 16.4. The van der Waals surface area contributed by atoms with Gasteiger partial charge in [-0.15, -0.1) is 0 Å². The summed E-state index contributed by atoms with van der Waals surface area (Å²) in [6.07, 6.45) is 3.37. The third-order valence-electron chi connectivity index (χ3n) is 4.16. The van der Waals surface area contributed by atoms with Crippen molar-refractivity contribution >= 4 is 5.91 Å². The van der Waals surface area contributed by atoms with E-state index in [1.54, 1.807) is 7.11 Å². The summed E-state index contributed by atoms with van der Waals surface area (Å²) in [6, 6.07) is 0. The molecule has 2 heterocycles. The molecule has 110 valence electrons. The fourth-order valence-corrected chi connectivity index (χ4v) is 2.81. The number of hydrogen-bond donors (Lipinski definition) is 0. The number of likely N-dealkylation sites (tertiary alicyclic amines) is 1. The van der Waals surface area contributed by atoms with Gasteiger partial charge in [0.2, 0.25) is 5.91 Å². The number of morpholine rings is 1. The van der Waals surface area contributed by atoms with Crippen LogP contribution in [0.15, 0.2) is 0 Å². The Bertz CT molecular complexity index is 272. The summed E-state index contributed by atoms with van der Waals surface area (Å²) in [5, 5.41) is 0. The van der Waals surface area contributed by atoms with Crippen LogP contribution in [0, 0.1) is 5.92 Å². The standard InChI is InChI=1S/C14H26N2O3/c1-18-9-4-13-2-5-16(6-3-13)14(17)12-15-7-10-19-11-8-15/h13H,2-12H2,1H3. The van der Waals surface area contributed by atoms with Crippen LogP contribution in [0.3, 0.4) is 0 Å². The molecule has 0 aromatic rings. The van der Waals surface area contributed by atoms with E-state index in [1.807, 2.05) is 4.90 Å². The van der Waals surface area contributed by atoms with Gasteiger partial charge in [0.15, 0.2) is 0 Å². The van der Waals surface area contributed by atoms with Gasteiger partial charge < -0.3 is 14.4 Å². The van der Waals surface area contributed by atoms with Crippen LogP contribution in [0.25, 0.3) is 0 Å². The van der Waals surface area contributed by atoms with E-state index in [1.165, 1.54) is 0 Å². The molecule has 0 aliphatic carbocycles. The fraction of sp³-hybridized carbons (Fsp3) is 0.929. The number of carbonyl (C=O) groups is 1. The number of piperidine rings is 1. The Morgan fingerprint density at radius 3 is 2.53 bits per heavy atom. The summed E-state index contributed by atoms with van der Waals surface area (Å²) in [5.41, 5.74) is 0. The molecular formula is C14H26N2O3. The maximum atomic E-state index is 12.2. The number of carbonyl (C=O) groups excluding carboxylic acids is 1. The second kappa shape index (κ2) is 7.82. The van der Waals surface area contributed by atoms with Gasteiger partial charge in [0.05, 0.1) is 19.8 Å². The molecule has 2 aliphatic rings. The molecule has 0 bridgehead atoms. The van der Waals surface area contributed by atoms with Gasteiger partial charge in [-0.25, -0.2) is 0 Å². The largest absolute Gasteiger partial charge is 0.385 e. The number of ether oxygens (including phenoxy) is 2. The van der Waals surface area contributed by atoms with Crippen LogP contribution in [-0.2, 0) is 14.3 Å². The van der Waals surface area contributed by atoms with E-state index in [4.69, 9.17) is 9.47 Å². The van der Waals surface area contributed by atoms with Gasteiger partial charge in [-0.05, 0) is 25.2 Å². The van der Waals surface area contributed by atoms with Crippen molar-refractivity contribution in [3.63, 3.8) is 0 Å². The number of hydrogen-bond acceptors (Lipinski definition) is 4. The molecule has 1 amide bonds.